The van der Waals surface area contributed by atoms with Crippen LogP contribution < -0.4 is 0 Å². The first-order valence-electron chi connectivity index (χ1n) is 8.86. The Morgan fingerprint density at radius 3 is 2.71 bits per heavy atom. The van der Waals surface area contributed by atoms with Gasteiger partial charge in [-0.1, -0.05) is 29.8 Å². The van der Waals surface area contributed by atoms with Crippen molar-refractivity contribution >= 4 is 22.9 Å². The number of nitrogens with zero attached hydrogens (tertiary/aromatic N) is 2. The maximum absolute atomic E-state index is 6.26. The van der Waals surface area contributed by atoms with E-state index >= 15 is 0 Å². The first-order chi connectivity index (χ1) is 11.7. The number of benzene rings is 1. The van der Waals surface area contributed by atoms with Crippen molar-refractivity contribution in [3.8, 4) is 0 Å². The summed E-state index contributed by atoms with van der Waals surface area (Å²) in [6.45, 7) is 5.87. The van der Waals surface area contributed by atoms with E-state index in [9.17, 15) is 0 Å². The Labute approximate surface area is 155 Å². The molecule has 0 saturated carbocycles. The average molecular weight is 363 g/mol. The molecule has 2 nitrogen and oxygen atoms in total. The summed E-state index contributed by atoms with van der Waals surface area (Å²) in [5.41, 5.74) is 2.72. The number of thiophene rings is 1. The molecule has 1 aromatic carbocycles. The lowest BCUT2D eigenvalue weighted by Crippen LogP contribution is -2.38. The summed E-state index contributed by atoms with van der Waals surface area (Å²) in [4.78, 5) is 5.07. The van der Waals surface area contributed by atoms with Crippen LogP contribution in [0.1, 0.15) is 24.0 Å². The summed E-state index contributed by atoms with van der Waals surface area (Å²) in [5, 5.41) is 5.33. The highest BCUT2D eigenvalue weighted by atomic mass is 35.5. The highest BCUT2D eigenvalue weighted by Gasteiger charge is 2.20. The Morgan fingerprint density at radius 1 is 1.21 bits per heavy atom. The van der Waals surface area contributed by atoms with E-state index in [4.69, 9.17) is 11.6 Å². The molecule has 0 spiro atoms. The Hall–Kier alpha value is -0.870. The number of hydrogen-bond acceptors (Lipinski definition) is 3. The monoisotopic (exact) mass is 362 g/mol. The molecule has 1 fully saturated rings. The molecule has 2 aromatic rings. The van der Waals surface area contributed by atoms with Crippen LogP contribution in [0.15, 0.2) is 41.1 Å². The molecule has 0 radical (unpaired) electrons. The molecular formula is C20H27ClN2S. The lowest BCUT2D eigenvalue weighted by Gasteiger charge is -2.34. The minimum Gasteiger partial charge on any atom is -0.303 e. The van der Waals surface area contributed by atoms with Crippen LogP contribution in [0.25, 0.3) is 0 Å². The standard InChI is InChI=1S/C20H27ClN2S/c1-22(15-18-9-13-24-16-18)14-17-6-10-23(11-7-17)12-8-19-4-2-3-5-20(19)21/h2-5,9,13,16-17H,6-8,10-12,14-15H2,1H3. The van der Waals surface area contributed by atoms with Crippen molar-refractivity contribution in [2.45, 2.75) is 25.8 Å². The zero-order valence-electron chi connectivity index (χ0n) is 14.5. The molecule has 2 heterocycles. The van der Waals surface area contributed by atoms with Gasteiger partial charge in [-0.25, -0.2) is 0 Å². The molecule has 0 amide bonds. The van der Waals surface area contributed by atoms with Gasteiger partial charge < -0.3 is 9.80 Å². The van der Waals surface area contributed by atoms with E-state index in [1.807, 2.05) is 12.1 Å². The number of likely N-dealkylation sites (tertiary alicyclic amines) is 1. The van der Waals surface area contributed by atoms with E-state index in [1.165, 1.54) is 43.6 Å². The topological polar surface area (TPSA) is 6.48 Å². The van der Waals surface area contributed by atoms with Gasteiger partial charge in [-0.05, 0) is 79.3 Å². The van der Waals surface area contributed by atoms with Crippen molar-refractivity contribution in [3.63, 3.8) is 0 Å². The van der Waals surface area contributed by atoms with Crippen molar-refractivity contribution in [2.24, 2.45) is 5.92 Å². The molecule has 0 bridgehead atoms. The second-order valence-corrected chi connectivity index (χ2v) is 8.14. The summed E-state index contributed by atoms with van der Waals surface area (Å²) >= 11 is 8.05. The number of rotatable bonds is 7. The van der Waals surface area contributed by atoms with Crippen LogP contribution in [0.4, 0.5) is 0 Å². The van der Waals surface area contributed by atoms with E-state index in [0.29, 0.717) is 0 Å². The maximum Gasteiger partial charge on any atom is 0.0438 e. The van der Waals surface area contributed by atoms with Gasteiger partial charge in [0.1, 0.15) is 0 Å². The van der Waals surface area contributed by atoms with Crippen LogP contribution in [0.3, 0.4) is 0 Å². The summed E-state index contributed by atoms with van der Waals surface area (Å²) in [5.74, 6) is 0.838. The molecule has 24 heavy (non-hydrogen) atoms. The van der Waals surface area contributed by atoms with Crippen molar-refractivity contribution < 1.29 is 0 Å². The van der Waals surface area contributed by atoms with Gasteiger partial charge in [-0.3, -0.25) is 0 Å². The number of halogens is 1. The van der Waals surface area contributed by atoms with Crippen molar-refractivity contribution in [1.29, 1.82) is 0 Å². The molecule has 1 aliphatic heterocycles. The first kappa shape index (κ1) is 17.9. The molecule has 1 saturated heterocycles. The fourth-order valence-electron chi connectivity index (χ4n) is 3.57. The van der Waals surface area contributed by atoms with E-state index in [-0.39, 0.29) is 0 Å². The van der Waals surface area contributed by atoms with Gasteiger partial charge in [0.25, 0.3) is 0 Å². The quantitative estimate of drug-likeness (QED) is 0.698. The number of piperidine rings is 1. The maximum atomic E-state index is 6.26. The van der Waals surface area contributed by atoms with Crippen LogP contribution in [-0.2, 0) is 13.0 Å². The fourth-order valence-corrected chi connectivity index (χ4v) is 4.46. The smallest absolute Gasteiger partial charge is 0.0438 e. The van der Waals surface area contributed by atoms with Gasteiger partial charge in [0.2, 0.25) is 0 Å². The summed E-state index contributed by atoms with van der Waals surface area (Å²) in [6.07, 6.45) is 3.69. The van der Waals surface area contributed by atoms with Crippen molar-refractivity contribution in [3.05, 3.63) is 57.2 Å². The third-order valence-electron chi connectivity index (χ3n) is 4.96. The molecule has 0 N–H and O–H groups in total. The minimum atomic E-state index is 0.838. The SMILES string of the molecule is CN(Cc1ccsc1)CC1CCN(CCc2ccccc2Cl)CC1. The summed E-state index contributed by atoms with van der Waals surface area (Å²) in [7, 11) is 2.25. The molecular weight excluding hydrogens is 336 g/mol. The Bertz CT molecular complexity index is 606. The van der Waals surface area contributed by atoms with Gasteiger partial charge >= 0.3 is 0 Å². The predicted octanol–water partition coefficient (Wildman–Crippen LogP) is 4.79. The lowest BCUT2D eigenvalue weighted by atomic mass is 9.96. The van der Waals surface area contributed by atoms with Gasteiger partial charge in [0.15, 0.2) is 0 Å². The Kier molecular flexibility index (Phi) is 6.73. The van der Waals surface area contributed by atoms with Crippen LogP contribution >= 0.6 is 22.9 Å². The second kappa shape index (κ2) is 9.00. The number of hydrogen-bond donors (Lipinski definition) is 0. The fraction of sp³-hybridized carbons (Fsp3) is 0.500. The van der Waals surface area contributed by atoms with Crippen LogP contribution in [0.5, 0.6) is 0 Å². The van der Waals surface area contributed by atoms with Crippen molar-refractivity contribution in [1.82, 2.24) is 9.80 Å². The van der Waals surface area contributed by atoms with Gasteiger partial charge in [0.05, 0.1) is 0 Å². The highest BCUT2D eigenvalue weighted by Crippen LogP contribution is 2.21. The van der Waals surface area contributed by atoms with Gasteiger partial charge in [-0.2, -0.15) is 11.3 Å². The Morgan fingerprint density at radius 2 is 2.00 bits per heavy atom. The molecule has 0 atom stereocenters. The Balaban J connectivity index is 1.37. The molecule has 1 aliphatic rings. The van der Waals surface area contributed by atoms with E-state index < -0.39 is 0 Å². The molecule has 1 aromatic heterocycles. The highest BCUT2D eigenvalue weighted by molar-refractivity contribution is 7.07. The zero-order chi connectivity index (χ0) is 16.8. The molecule has 130 valence electrons. The summed E-state index contributed by atoms with van der Waals surface area (Å²) < 4.78 is 0. The van der Waals surface area contributed by atoms with E-state index in [1.54, 1.807) is 11.3 Å². The van der Waals surface area contributed by atoms with E-state index in [0.717, 1.165) is 30.5 Å². The second-order valence-electron chi connectivity index (χ2n) is 6.95. The lowest BCUT2D eigenvalue weighted by molar-refractivity contribution is 0.153. The van der Waals surface area contributed by atoms with Crippen LogP contribution in [-0.4, -0.2) is 43.0 Å². The van der Waals surface area contributed by atoms with Gasteiger partial charge in [-0.15, -0.1) is 0 Å². The van der Waals surface area contributed by atoms with Crippen LogP contribution in [0.2, 0.25) is 5.02 Å². The molecule has 0 aliphatic carbocycles. The first-order valence-corrected chi connectivity index (χ1v) is 10.2. The third-order valence-corrected chi connectivity index (χ3v) is 6.07. The molecule has 3 rings (SSSR count). The average Bonchev–Trinajstić information content (AvgIpc) is 3.08. The van der Waals surface area contributed by atoms with E-state index in [2.05, 4.69) is 45.8 Å². The third kappa shape index (κ3) is 5.32. The molecule has 0 unspecified atom stereocenters. The summed E-state index contributed by atoms with van der Waals surface area (Å²) in [6, 6.07) is 10.5. The van der Waals surface area contributed by atoms with Gasteiger partial charge in [0, 0.05) is 24.7 Å². The largest absolute Gasteiger partial charge is 0.303 e. The minimum absolute atomic E-state index is 0.838. The predicted molar refractivity (Wildman–Crippen MR) is 105 cm³/mol. The van der Waals surface area contributed by atoms with Crippen LogP contribution in [0, 0.1) is 5.92 Å². The normalized spacial score (nSPS) is 16.8. The van der Waals surface area contributed by atoms with Crippen molar-refractivity contribution in [2.75, 3.05) is 33.2 Å². The molecule has 4 heteroatoms. The zero-order valence-corrected chi connectivity index (χ0v) is 16.0.